The van der Waals surface area contributed by atoms with Crippen molar-refractivity contribution in [1.29, 1.82) is 0 Å². The molecular formula is C20H21F2N3O4. The highest BCUT2D eigenvalue weighted by atomic mass is 19.1. The van der Waals surface area contributed by atoms with Crippen LogP contribution in [0.5, 0.6) is 5.75 Å². The zero-order valence-corrected chi connectivity index (χ0v) is 15.9. The van der Waals surface area contributed by atoms with Gasteiger partial charge in [0.05, 0.1) is 11.0 Å². The summed E-state index contributed by atoms with van der Waals surface area (Å²) in [5.41, 5.74) is 0.545. The molecule has 1 N–H and O–H groups in total. The highest BCUT2D eigenvalue weighted by Crippen LogP contribution is 2.31. The average molecular weight is 405 g/mol. The summed E-state index contributed by atoms with van der Waals surface area (Å²) in [5.74, 6) is -2.18. The number of carbonyl (C=O) groups is 1. The van der Waals surface area contributed by atoms with Crippen LogP contribution in [0, 0.1) is 21.7 Å². The molecule has 9 heteroatoms. The Morgan fingerprint density at radius 1 is 1.24 bits per heavy atom. The molecule has 3 rings (SSSR count). The highest BCUT2D eigenvalue weighted by molar-refractivity contribution is 5.96. The number of nitrogens with one attached hydrogen (secondary N) is 1. The first kappa shape index (κ1) is 20.5. The second kappa shape index (κ2) is 8.85. The number of hydrogen-bond acceptors (Lipinski definition) is 5. The van der Waals surface area contributed by atoms with Crippen LogP contribution < -0.4 is 15.0 Å². The van der Waals surface area contributed by atoms with Crippen molar-refractivity contribution in [3.05, 3.63) is 63.7 Å². The van der Waals surface area contributed by atoms with E-state index < -0.39 is 28.5 Å². The second-order valence-electron chi connectivity index (χ2n) is 6.92. The Hall–Kier alpha value is -3.23. The van der Waals surface area contributed by atoms with Gasteiger partial charge in [-0.05, 0) is 44.0 Å². The van der Waals surface area contributed by atoms with E-state index >= 15 is 0 Å². The van der Waals surface area contributed by atoms with Gasteiger partial charge in [0.2, 0.25) is 0 Å². The van der Waals surface area contributed by atoms with Crippen LogP contribution in [0.1, 0.15) is 30.1 Å². The first-order chi connectivity index (χ1) is 13.8. The molecule has 2 aromatic rings. The number of nitrogens with zero attached hydrogens (tertiary/aromatic N) is 2. The van der Waals surface area contributed by atoms with E-state index in [1.807, 2.05) is 4.90 Å². The number of ether oxygens (including phenoxy) is 1. The van der Waals surface area contributed by atoms with Crippen LogP contribution in [0.3, 0.4) is 0 Å². The Morgan fingerprint density at radius 3 is 2.62 bits per heavy atom. The van der Waals surface area contributed by atoms with E-state index in [1.165, 1.54) is 12.1 Å². The molecule has 1 atom stereocenters. The highest BCUT2D eigenvalue weighted by Gasteiger charge is 2.24. The van der Waals surface area contributed by atoms with Gasteiger partial charge in [0.15, 0.2) is 11.6 Å². The van der Waals surface area contributed by atoms with Gasteiger partial charge in [0.1, 0.15) is 18.1 Å². The maximum atomic E-state index is 13.6. The second-order valence-corrected chi connectivity index (χ2v) is 6.92. The average Bonchev–Trinajstić information content (AvgIpc) is 3.21. The third-order valence-corrected chi connectivity index (χ3v) is 4.64. The molecule has 0 saturated carbocycles. The van der Waals surface area contributed by atoms with Crippen LogP contribution in [0.4, 0.5) is 20.2 Å². The molecule has 0 aliphatic carbocycles. The Labute approximate surface area is 166 Å². The number of anilines is 1. The fraction of sp³-hybridized carbons (Fsp3) is 0.350. The van der Waals surface area contributed by atoms with Crippen molar-refractivity contribution in [3.8, 4) is 5.75 Å². The Morgan fingerprint density at radius 2 is 1.97 bits per heavy atom. The van der Waals surface area contributed by atoms with E-state index in [1.54, 1.807) is 19.1 Å². The molecule has 0 spiro atoms. The molecule has 1 amide bonds. The summed E-state index contributed by atoms with van der Waals surface area (Å²) in [5, 5.41) is 14.1. The summed E-state index contributed by atoms with van der Waals surface area (Å²) in [7, 11) is 0. The van der Waals surface area contributed by atoms with Crippen molar-refractivity contribution < 1.29 is 23.2 Å². The van der Waals surface area contributed by atoms with Crippen molar-refractivity contribution in [2.45, 2.75) is 25.8 Å². The molecule has 154 valence electrons. The predicted octanol–water partition coefficient (Wildman–Crippen LogP) is 3.67. The fourth-order valence-electron chi connectivity index (χ4n) is 3.19. The minimum atomic E-state index is -0.836. The minimum Gasteiger partial charge on any atom is -0.488 e. The van der Waals surface area contributed by atoms with Gasteiger partial charge < -0.3 is 15.0 Å². The molecule has 29 heavy (non-hydrogen) atoms. The van der Waals surface area contributed by atoms with E-state index in [9.17, 15) is 23.7 Å². The monoisotopic (exact) mass is 405 g/mol. The van der Waals surface area contributed by atoms with E-state index in [0.29, 0.717) is 11.8 Å². The molecule has 1 saturated heterocycles. The van der Waals surface area contributed by atoms with E-state index in [0.717, 1.165) is 32.0 Å². The van der Waals surface area contributed by atoms with Crippen LogP contribution in [-0.4, -0.2) is 36.6 Å². The summed E-state index contributed by atoms with van der Waals surface area (Å²) >= 11 is 0. The minimum absolute atomic E-state index is 0.0533. The third kappa shape index (κ3) is 4.98. The summed E-state index contributed by atoms with van der Waals surface area (Å²) < 4.78 is 31.8. The van der Waals surface area contributed by atoms with Gasteiger partial charge in [0.25, 0.3) is 11.6 Å². The molecule has 0 aromatic heterocycles. The zero-order chi connectivity index (χ0) is 21.0. The van der Waals surface area contributed by atoms with Crippen LogP contribution >= 0.6 is 0 Å². The lowest BCUT2D eigenvalue weighted by Crippen LogP contribution is -2.37. The summed E-state index contributed by atoms with van der Waals surface area (Å²) in [6.07, 6.45) is 1.96. The van der Waals surface area contributed by atoms with Crippen molar-refractivity contribution in [1.82, 2.24) is 5.32 Å². The SMILES string of the molecule is CC(COc1ccc(F)cc1F)NC(=O)c1ccc(N2CCCC2)c([N+](=O)[O-])c1. The molecule has 1 aliphatic heterocycles. The standard InChI is InChI=1S/C20H21F2N3O4/c1-13(12-29-19-7-5-15(21)11-16(19)22)23-20(26)14-4-6-17(18(10-14)25(27)28)24-8-2-3-9-24/h4-7,10-11,13H,2-3,8-9,12H2,1H3,(H,23,26). The quantitative estimate of drug-likeness (QED) is 0.561. The fourth-order valence-corrected chi connectivity index (χ4v) is 3.19. The van der Waals surface area contributed by atoms with Gasteiger partial charge in [0, 0.05) is 30.8 Å². The molecule has 0 bridgehead atoms. The van der Waals surface area contributed by atoms with E-state index in [4.69, 9.17) is 4.74 Å². The van der Waals surface area contributed by atoms with Crippen LogP contribution in [-0.2, 0) is 0 Å². The number of halogens is 2. The lowest BCUT2D eigenvalue weighted by molar-refractivity contribution is -0.384. The molecule has 1 heterocycles. The maximum absolute atomic E-state index is 13.6. The number of hydrogen-bond donors (Lipinski definition) is 1. The van der Waals surface area contributed by atoms with Gasteiger partial charge in [-0.3, -0.25) is 14.9 Å². The van der Waals surface area contributed by atoms with Crippen LogP contribution in [0.25, 0.3) is 0 Å². The maximum Gasteiger partial charge on any atom is 0.293 e. The van der Waals surface area contributed by atoms with Gasteiger partial charge in [-0.2, -0.15) is 0 Å². The van der Waals surface area contributed by atoms with Crippen molar-refractivity contribution in [2.75, 3.05) is 24.6 Å². The first-order valence-electron chi connectivity index (χ1n) is 9.27. The number of nitro groups is 1. The number of nitro benzene ring substituents is 1. The largest absolute Gasteiger partial charge is 0.488 e. The Kier molecular flexibility index (Phi) is 6.26. The van der Waals surface area contributed by atoms with E-state index in [-0.39, 0.29) is 23.6 Å². The van der Waals surface area contributed by atoms with E-state index in [2.05, 4.69) is 5.32 Å². The zero-order valence-electron chi connectivity index (χ0n) is 15.9. The van der Waals surface area contributed by atoms with Gasteiger partial charge in [-0.25, -0.2) is 8.78 Å². The van der Waals surface area contributed by atoms with Gasteiger partial charge >= 0.3 is 0 Å². The van der Waals surface area contributed by atoms with Gasteiger partial charge in [-0.15, -0.1) is 0 Å². The first-order valence-corrected chi connectivity index (χ1v) is 9.27. The lowest BCUT2D eigenvalue weighted by Gasteiger charge is -2.18. The molecule has 2 aromatic carbocycles. The van der Waals surface area contributed by atoms with Crippen LogP contribution in [0.2, 0.25) is 0 Å². The normalized spacial score (nSPS) is 14.5. The molecule has 0 radical (unpaired) electrons. The van der Waals surface area contributed by atoms with Gasteiger partial charge in [-0.1, -0.05) is 0 Å². The molecule has 1 aliphatic rings. The Balaban J connectivity index is 1.64. The number of carbonyl (C=O) groups excluding carboxylic acids is 1. The van der Waals surface area contributed by atoms with Crippen LogP contribution in [0.15, 0.2) is 36.4 Å². The lowest BCUT2D eigenvalue weighted by atomic mass is 10.1. The smallest absolute Gasteiger partial charge is 0.293 e. The molecular weight excluding hydrogens is 384 g/mol. The summed E-state index contributed by atoms with van der Waals surface area (Å²) in [6.45, 7) is 3.09. The number of amides is 1. The van der Waals surface area contributed by atoms with Crippen molar-refractivity contribution >= 4 is 17.3 Å². The molecule has 7 nitrogen and oxygen atoms in total. The van der Waals surface area contributed by atoms with Crippen molar-refractivity contribution in [2.24, 2.45) is 0 Å². The topological polar surface area (TPSA) is 84.7 Å². The number of rotatable bonds is 7. The van der Waals surface area contributed by atoms with Crippen molar-refractivity contribution in [3.63, 3.8) is 0 Å². The Bertz CT molecular complexity index is 917. The number of benzene rings is 2. The summed E-state index contributed by atoms with van der Waals surface area (Å²) in [4.78, 5) is 25.4. The molecule has 1 fully saturated rings. The third-order valence-electron chi connectivity index (χ3n) is 4.64. The summed E-state index contributed by atoms with van der Waals surface area (Å²) in [6, 6.07) is 6.83. The predicted molar refractivity (Wildman–Crippen MR) is 103 cm³/mol. The molecule has 1 unspecified atom stereocenters.